The zero-order valence-electron chi connectivity index (χ0n) is 13.3. The Bertz CT molecular complexity index is 798. The molecule has 1 atom stereocenters. The molecule has 25 heavy (non-hydrogen) atoms. The number of hydrogen-bond donors (Lipinski definition) is 4. The van der Waals surface area contributed by atoms with Gasteiger partial charge in [0.25, 0.3) is 0 Å². The summed E-state index contributed by atoms with van der Waals surface area (Å²) < 4.78 is 43.1. The van der Waals surface area contributed by atoms with Crippen molar-refractivity contribution in [1.29, 1.82) is 10.8 Å². The maximum atomic E-state index is 12.8. The minimum Gasteiger partial charge on any atom is -0.465 e. The second-order valence-electron chi connectivity index (χ2n) is 5.25. The van der Waals surface area contributed by atoms with Crippen molar-refractivity contribution in [2.24, 2.45) is 5.92 Å². The summed E-state index contributed by atoms with van der Waals surface area (Å²) in [5.41, 5.74) is 0.221. The molecule has 6 nitrogen and oxygen atoms in total. The molecule has 1 aromatic heterocycles. The van der Waals surface area contributed by atoms with Gasteiger partial charge in [-0.05, 0) is 25.1 Å². The van der Waals surface area contributed by atoms with Crippen LogP contribution in [0.1, 0.15) is 12.5 Å². The minimum absolute atomic E-state index is 0.0710. The van der Waals surface area contributed by atoms with Gasteiger partial charge in [-0.2, -0.15) is 13.2 Å². The third kappa shape index (κ3) is 4.17. The maximum Gasteiger partial charge on any atom is 0.429 e. The lowest BCUT2D eigenvalue weighted by atomic mass is 10.0. The van der Waals surface area contributed by atoms with Gasteiger partial charge in [-0.1, -0.05) is 0 Å². The molecule has 0 aliphatic carbocycles. The van der Waals surface area contributed by atoms with Gasteiger partial charge in [-0.25, -0.2) is 0 Å². The third-order valence-corrected chi connectivity index (χ3v) is 3.60. The number of aromatic amines is 1. The standard InChI is InChI=1S/C16H17F3N4O2/c1-2-25-15(24)12(14(21)16(17,18)19)8-22-10-3-4-13-11(5-10)9(6-20)7-23-13/h3-7,12,20-23H,2,8H2,1H3. The van der Waals surface area contributed by atoms with Gasteiger partial charge in [-0.15, -0.1) is 0 Å². The molecule has 2 aromatic rings. The van der Waals surface area contributed by atoms with Crippen molar-refractivity contribution in [1.82, 2.24) is 4.98 Å². The van der Waals surface area contributed by atoms with Gasteiger partial charge in [-0.3, -0.25) is 10.2 Å². The monoisotopic (exact) mass is 354 g/mol. The van der Waals surface area contributed by atoms with E-state index in [0.717, 1.165) is 17.1 Å². The van der Waals surface area contributed by atoms with Crippen LogP contribution in [-0.2, 0) is 9.53 Å². The van der Waals surface area contributed by atoms with Crippen molar-refractivity contribution in [2.75, 3.05) is 18.5 Å². The highest BCUT2D eigenvalue weighted by atomic mass is 19.4. The number of alkyl halides is 3. The van der Waals surface area contributed by atoms with Crippen molar-refractivity contribution >= 4 is 34.5 Å². The molecule has 0 saturated heterocycles. The molecular weight excluding hydrogens is 337 g/mol. The Hall–Kier alpha value is -2.84. The van der Waals surface area contributed by atoms with E-state index in [1.54, 1.807) is 24.4 Å². The number of carbonyl (C=O) groups is 1. The van der Waals surface area contributed by atoms with Crippen LogP contribution in [0, 0.1) is 16.7 Å². The highest BCUT2D eigenvalue weighted by Gasteiger charge is 2.43. The lowest BCUT2D eigenvalue weighted by molar-refractivity contribution is -0.146. The predicted molar refractivity (Wildman–Crippen MR) is 88.6 cm³/mol. The smallest absolute Gasteiger partial charge is 0.429 e. The van der Waals surface area contributed by atoms with Crippen molar-refractivity contribution in [2.45, 2.75) is 13.1 Å². The van der Waals surface area contributed by atoms with Crippen LogP contribution in [0.4, 0.5) is 18.9 Å². The van der Waals surface area contributed by atoms with Gasteiger partial charge in [0.1, 0.15) is 11.6 Å². The number of rotatable bonds is 7. The van der Waals surface area contributed by atoms with E-state index in [1.807, 2.05) is 0 Å². The topological polar surface area (TPSA) is 102 Å². The van der Waals surface area contributed by atoms with E-state index in [1.165, 1.54) is 6.92 Å². The Kier molecular flexibility index (Phi) is 5.45. The van der Waals surface area contributed by atoms with Crippen LogP contribution in [0.3, 0.4) is 0 Å². The molecular formula is C16H17F3N4O2. The van der Waals surface area contributed by atoms with E-state index in [-0.39, 0.29) is 6.61 Å². The number of H-pyrrole nitrogens is 1. The number of aromatic nitrogens is 1. The molecule has 0 aliphatic rings. The Morgan fingerprint density at radius 1 is 1.44 bits per heavy atom. The van der Waals surface area contributed by atoms with Gasteiger partial charge in [0, 0.05) is 41.1 Å². The van der Waals surface area contributed by atoms with E-state index in [2.05, 4.69) is 15.0 Å². The summed E-state index contributed by atoms with van der Waals surface area (Å²) in [5, 5.41) is 18.0. The van der Waals surface area contributed by atoms with E-state index < -0.39 is 30.3 Å². The summed E-state index contributed by atoms with van der Waals surface area (Å²) in [4.78, 5) is 14.8. The zero-order chi connectivity index (χ0) is 18.6. The number of hydrogen-bond acceptors (Lipinski definition) is 5. The van der Waals surface area contributed by atoms with Crippen LogP contribution in [0.25, 0.3) is 10.9 Å². The summed E-state index contributed by atoms with van der Waals surface area (Å²) in [6.45, 7) is 0.990. The van der Waals surface area contributed by atoms with Crippen LogP contribution in [0.15, 0.2) is 24.4 Å². The van der Waals surface area contributed by atoms with Crippen LogP contribution >= 0.6 is 0 Å². The molecule has 0 bridgehead atoms. The van der Waals surface area contributed by atoms with Gasteiger partial charge in [0.15, 0.2) is 0 Å². The second kappa shape index (κ2) is 7.37. The van der Waals surface area contributed by atoms with Crippen molar-refractivity contribution in [3.05, 3.63) is 30.0 Å². The average molecular weight is 354 g/mol. The third-order valence-electron chi connectivity index (χ3n) is 3.60. The summed E-state index contributed by atoms with van der Waals surface area (Å²) in [7, 11) is 0. The summed E-state index contributed by atoms with van der Waals surface area (Å²) >= 11 is 0. The average Bonchev–Trinajstić information content (AvgIpc) is 2.96. The normalized spacial score (nSPS) is 12.6. The minimum atomic E-state index is -4.91. The van der Waals surface area contributed by atoms with Crippen molar-refractivity contribution < 1.29 is 22.7 Å². The number of nitrogens with one attached hydrogen (secondary N) is 4. The van der Waals surface area contributed by atoms with Gasteiger partial charge < -0.3 is 20.4 Å². The zero-order valence-corrected chi connectivity index (χ0v) is 13.3. The fraction of sp³-hybridized carbons (Fsp3) is 0.312. The Labute approximate surface area is 141 Å². The number of ether oxygens (including phenoxy) is 1. The van der Waals surface area contributed by atoms with E-state index in [9.17, 15) is 18.0 Å². The molecule has 0 saturated carbocycles. The van der Waals surface area contributed by atoms with E-state index >= 15 is 0 Å². The number of carbonyl (C=O) groups excluding carboxylic acids is 1. The van der Waals surface area contributed by atoms with Crippen LogP contribution in [0.2, 0.25) is 0 Å². The molecule has 0 amide bonds. The van der Waals surface area contributed by atoms with E-state index in [4.69, 9.17) is 10.8 Å². The highest BCUT2D eigenvalue weighted by molar-refractivity contribution is 6.04. The number of benzene rings is 1. The first-order valence-electron chi connectivity index (χ1n) is 7.45. The van der Waals surface area contributed by atoms with Crippen LogP contribution in [-0.4, -0.2) is 42.2 Å². The lowest BCUT2D eigenvalue weighted by Gasteiger charge is -2.19. The largest absolute Gasteiger partial charge is 0.465 e. The molecule has 1 heterocycles. The lowest BCUT2D eigenvalue weighted by Crippen LogP contribution is -2.39. The summed E-state index contributed by atoms with van der Waals surface area (Å²) in [5.74, 6) is -2.86. The highest BCUT2D eigenvalue weighted by Crippen LogP contribution is 2.24. The van der Waals surface area contributed by atoms with E-state index in [0.29, 0.717) is 11.3 Å². The first-order valence-corrected chi connectivity index (χ1v) is 7.45. The number of anilines is 1. The van der Waals surface area contributed by atoms with Gasteiger partial charge in [0.2, 0.25) is 0 Å². The molecule has 0 spiro atoms. The maximum absolute atomic E-state index is 12.8. The molecule has 4 N–H and O–H groups in total. The fourth-order valence-corrected chi connectivity index (χ4v) is 2.34. The molecule has 1 unspecified atom stereocenters. The molecule has 2 rings (SSSR count). The molecule has 0 radical (unpaired) electrons. The Balaban J connectivity index is 2.20. The van der Waals surface area contributed by atoms with Crippen molar-refractivity contribution in [3.63, 3.8) is 0 Å². The quantitative estimate of drug-likeness (QED) is 0.453. The van der Waals surface area contributed by atoms with Gasteiger partial charge >= 0.3 is 12.1 Å². The van der Waals surface area contributed by atoms with Crippen LogP contribution in [0.5, 0.6) is 0 Å². The molecule has 134 valence electrons. The van der Waals surface area contributed by atoms with Crippen LogP contribution < -0.4 is 5.32 Å². The summed E-state index contributed by atoms with van der Waals surface area (Å²) in [6, 6.07) is 5.00. The number of esters is 1. The Morgan fingerprint density at radius 3 is 2.76 bits per heavy atom. The Morgan fingerprint density at radius 2 is 2.16 bits per heavy atom. The predicted octanol–water partition coefficient (Wildman–Crippen LogP) is 3.34. The second-order valence-corrected chi connectivity index (χ2v) is 5.25. The first-order chi connectivity index (χ1) is 11.8. The molecule has 0 fully saturated rings. The first kappa shape index (κ1) is 18.5. The number of halogens is 3. The number of fused-ring (bicyclic) bond motifs is 1. The summed E-state index contributed by atoms with van der Waals surface area (Å²) in [6.07, 6.45) is -2.11. The van der Waals surface area contributed by atoms with Crippen molar-refractivity contribution in [3.8, 4) is 0 Å². The SMILES string of the molecule is CCOC(=O)C(CNc1ccc2[nH]cc(C=N)c2c1)C(=N)C(F)(F)F. The van der Waals surface area contributed by atoms with Gasteiger partial charge in [0.05, 0.1) is 6.61 Å². The molecule has 1 aromatic carbocycles. The molecule has 0 aliphatic heterocycles. The molecule has 9 heteroatoms. The fourth-order valence-electron chi connectivity index (χ4n) is 2.34.